The van der Waals surface area contributed by atoms with E-state index in [1.165, 1.54) is 12.8 Å². The van der Waals surface area contributed by atoms with Crippen molar-refractivity contribution in [3.05, 3.63) is 59.3 Å². The van der Waals surface area contributed by atoms with Crippen molar-refractivity contribution >= 4 is 22.5 Å². The summed E-state index contributed by atoms with van der Waals surface area (Å²) in [7, 11) is 1.47. The van der Waals surface area contributed by atoms with Gasteiger partial charge in [0.05, 0.1) is 17.6 Å². The lowest BCUT2D eigenvalue weighted by Crippen LogP contribution is -2.34. The van der Waals surface area contributed by atoms with Gasteiger partial charge >= 0.3 is 0 Å². The number of fused-ring (bicyclic) bond motifs is 2. The minimum absolute atomic E-state index is 0. The molecule has 0 saturated heterocycles. The number of anilines is 1. The van der Waals surface area contributed by atoms with Crippen molar-refractivity contribution in [2.75, 3.05) is 19.0 Å². The van der Waals surface area contributed by atoms with E-state index < -0.39 is 11.2 Å². The molecule has 1 atom stereocenters. The summed E-state index contributed by atoms with van der Waals surface area (Å²) in [5.74, 6) is -0.858. The second-order valence-corrected chi connectivity index (χ2v) is 10.1. The predicted molar refractivity (Wildman–Crippen MR) is 128 cm³/mol. The van der Waals surface area contributed by atoms with Gasteiger partial charge in [0, 0.05) is 38.7 Å². The first kappa shape index (κ1) is 21.0. The molecule has 32 heavy (non-hydrogen) atoms. The number of aromatic amines is 1. The van der Waals surface area contributed by atoms with Crippen LogP contribution in [0.25, 0.3) is 10.9 Å². The zero-order valence-corrected chi connectivity index (χ0v) is 19.0. The third-order valence-electron chi connectivity index (χ3n) is 6.86. The maximum absolute atomic E-state index is 13.4. The Labute approximate surface area is 190 Å². The number of aliphatic hydroxyl groups is 1. The molecule has 2 aliphatic rings. The minimum atomic E-state index is -1.41. The molecule has 1 amide bonds. The Hall–Kier alpha value is -2.83. The van der Waals surface area contributed by atoms with Gasteiger partial charge in [-0.05, 0) is 60.2 Å². The molecule has 1 fully saturated rings. The Morgan fingerprint density at radius 1 is 1.16 bits per heavy atom. The monoisotopic (exact) mass is 438 g/mol. The molecule has 6 nitrogen and oxygen atoms in total. The average molecular weight is 439 g/mol. The molecule has 3 aromatic rings. The third kappa shape index (κ3) is 3.38. The van der Waals surface area contributed by atoms with Gasteiger partial charge in [-0.15, -0.1) is 0 Å². The average Bonchev–Trinajstić information content (AvgIpc) is 3.45. The number of aromatic nitrogens is 1. The molecule has 1 aromatic heterocycles. The molecule has 6 heteroatoms. The van der Waals surface area contributed by atoms with Crippen molar-refractivity contribution < 1.29 is 22.2 Å². The Kier molecular flexibility index (Phi) is 4.66. The first-order valence-electron chi connectivity index (χ1n) is 11.1. The van der Waals surface area contributed by atoms with Crippen molar-refractivity contribution in [3.63, 3.8) is 0 Å². The van der Waals surface area contributed by atoms with Gasteiger partial charge < -0.3 is 24.9 Å². The molecule has 0 radical (unpaired) electrons. The Bertz CT molecular complexity index is 1210. The van der Waals surface area contributed by atoms with Gasteiger partial charge in [0.1, 0.15) is 5.75 Å². The molecule has 1 unspecified atom stereocenters. The van der Waals surface area contributed by atoms with Gasteiger partial charge in [0.15, 0.2) is 5.79 Å². The number of H-pyrrole nitrogens is 1. The van der Waals surface area contributed by atoms with Gasteiger partial charge in [-0.3, -0.25) is 4.79 Å². The van der Waals surface area contributed by atoms with E-state index in [9.17, 15) is 9.90 Å². The number of amides is 1. The van der Waals surface area contributed by atoms with Crippen LogP contribution in [0.2, 0.25) is 0 Å². The number of nitrogens with one attached hydrogen (secondary N) is 2. The quantitative estimate of drug-likeness (QED) is 0.489. The van der Waals surface area contributed by atoms with Crippen molar-refractivity contribution in [1.82, 2.24) is 4.98 Å². The lowest BCUT2D eigenvalue weighted by molar-refractivity contribution is -0.209. The van der Waals surface area contributed by atoms with E-state index in [1.54, 1.807) is 18.2 Å². The zero-order valence-electron chi connectivity index (χ0n) is 19.0. The lowest BCUT2D eigenvalue weighted by atomic mass is 9.91. The standard InChI is InChI=1S/C26H30N2O4.2H2/c1-24(2,3)22-14-16-13-17(5-7-20(16)28-22)25(9-10-25)23(29)27-18-6-8-21-19(15-18)26(30,31-4)11-12-32-21;;/h5-8,13-15,28,30H,9-12H2,1-4H3,(H,27,29);2*1H. The molecule has 0 bridgehead atoms. The minimum Gasteiger partial charge on any atom is -0.493 e. The van der Waals surface area contributed by atoms with Crippen LogP contribution in [0.3, 0.4) is 0 Å². The zero-order chi connectivity index (χ0) is 22.7. The molecule has 1 saturated carbocycles. The van der Waals surface area contributed by atoms with E-state index in [4.69, 9.17) is 9.47 Å². The van der Waals surface area contributed by atoms with Crippen molar-refractivity contribution in [2.45, 2.75) is 56.7 Å². The molecule has 172 valence electrons. The second-order valence-electron chi connectivity index (χ2n) is 10.1. The number of methoxy groups -OCH3 is 1. The van der Waals surface area contributed by atoms with E-state index in [2.05, 4.69) is 55.3 Å². The van der Waals surface area contributed by atoms with Crippen LogP contribution in [0, 0.1) is 0 Å². The van der Waals surface area contributed by atoms with E-state index in [0.29, 0.717) is 30.0 Å². The summed E-state index contributed by atoms with van der Waals surface area (Å²) in [5.41, 5.74) is 3.99. The van der Waals surface area contributed by atoms with Crippen LogP contribution >= 0.6 is 0 Å². The smallest absolute Gasteiger partial charge is 0.235 e. The summed E-state index contributed by atoms with van der Waals surface area (Å²) in [6, 6.07) is 13.8. The van der Waals surface area contributed by atoms with Crippen LogP contribution in [0.15, 0.2) is 42.5 Å². The summed E-state index contributed by atoms with van der Waals surface area (Å²) in [6.45, 7) is 6.93. The number of rotatable bonds is 4. The fourth-order valence-electron chi connectivity index (χ4n) is 4.54. The van der Waals surface area contributed by atoms with Crippen molar-refractivity contribution in [1.29, 1.82) is 0 Å². The number of carbonyl (C=O) groups is 1. The molecule has 2 aromatic carbocycles. The van der Waals surface area contributed by atoms with Crippen molar-refractivity contribution in [3.8, 4) is 5.75 Å². The fraction of sp³-hybridized carbons (Fsp3) is 0.423. The van der Waals surface area contributed by atoms with E-state index >= 15 is 0 Å². The molecule has 1 aliphatic carbocycles. The SMILES string of the molecule is COC1(O)CCOc2ccc(NC(=O)C3(c4ccc5[nH]c(C(C)(C)C)cc5c4)CC3)cc21.[HH].[HH]. The Balaban J connectivity index is 0.00000162. The molecular weight excluding hydrogens is 404 g/mol. The highest BCUT2D eigenvalue weighted by Gasteiger charge is 2.51. The highest BCUT2D eigenvalue weighted by Crippen LogP contribution is 2.50. The number of benzene rings is 2. The summed E-state index contributed by atoms with van der Waals surface area (Å²) < 4.78 is 11.0. The molecule has 3 N–H and O–H groups in total. The van der Waals surface area contributed by atoms with E-state index in [0.717, 1.165) is 29.3 Å². The maximum Gasteiger partial charge on any atom is 0.235 e. The van der Waals surface area contributed by atoms with Crippen LogP contribution in [0.1, 0.15) is 59.7 Å². The predicted octanol–water partition coefficient (Wildman–Crippen LogP) is 5.20. The second kappa shape index (κ2) is 7.09. The summed E-state index contributed by atoms with van der Waals surface area (Å²) >= 11 is 0. The van der Waals surface area contributed by atoms with Gasteiger partial charge in [-0.25, -0.2) is 0 Å². The van der Waals surface area contributed by atoms with Crippen LogP contribution in [0.5, 0.6) is 5.75 Å². The third-order valence-corrected chi connectivity index (χ3v) is 6.86. The fourth-order valence-corrected chi connectivity index (χ4v) is 4.54. The number of hydrogen-bond donors (Lipinski definition) is 3. The van der Waals surface area contributed by atoms with Crippen molar-refractivity contribution in [2.24, 2.45) is 0 Å². The normalized spacial score (nSPS) is 21.7. The van der Waals surface area contributed by atoms with Gasteiger partial charge in [-0.1, -0.05) is 26.8 Å². The molecule has 1 aliphatic heterocycles. The Morgan fingerprint density at radius 2 is 1.94 bits per heavy atom. The van der Waals surface area contributed by atoms with Gasteiger partial charge in [0.2, 0.25) is 5.91 Å². The maximum atomic E-state index is 13.4. The lowest BCUT2D eigenvalue weighted by Gasteiger charge is -2.33. The van der Waals surface area contributed by atoms with E-state index in [-0.39, 0.29) is 14.2 Å². The van der Waals surface area contributed by atoms with E-state index in [1.807, 2.05) is 0 Å². The molecule has 0 spiro atoms. The molecule has 2 heterocycles. The number of carbonyl (C=O) groups excluding carboxylic acids is 1. The van der Waals surface area contributed by atoms with Crippen LogP contribution in [-0.4, -0.2) is 29.7 Å². The van der Waals surface area contributed by atoms with Crippen LogP contribution in [-0.2, 0) is 26.1 Å². The highest BCUT2D eigenvalue weighted by atomic mass is 16.6. The first-order chi connectivity index (χ1) is 15.1. The highest BCUT2D eigenvalue weighted by molar-refractivity contribution is 6.02. The van der Waals surface area contributed by atoms with Crippen LogP contribution in [0.4, 0.5) is 5.69 Å². The summed E-state index contributed by atoms with van der Waals surface area (Å²) in [5, 5.41) is 15.0. The largest absolute Gasteiger partial charge is 0.493 e. The van der Waals surface area contributed by atoms with Gasteiger partial charge in [0.25, 0.3) is 0 Å². The Morgan fingerprint density at radius 3 is 2.62 bits per heavy atom. The number of hydrogen-bond acceptors (Lipinski definition) is 4. The van der Waals surface area contributed by atoms with Gasteiger partial charge in [-0.2, -0.15) is 0 Å². The molecular formula is C26H34N2O4. The summed E-state index contributed by atoms with van der Waals surface area (Å²) in [6.07, 6.45) is 1.97. The molecule has 5 rings (SSSR count). The summed E-state index contributed by atoms with van der Waals surface area (Å²) in [4.78, 5) is 16.9. The van der Waals surface area contributed by atoms with Crippen LogP contribution < -0.4 is 10.1 Å². The first-order valence-corrected chi connectivity index (χ1v) is 11.1. The number of ether oxygens (including phenoxy) is 2. The topological polar surface area (TPSA) is 83.6 Å².